The van der Waals surface area contributed by atoms with Crippen LogP contribution < -0.4 is 15.8 Å². The van der Waals surface area contributed by atoms with E-state index in [0.717, 1.165) is 4.47 Å². The van der Waals surface area contributed by atoms with Crippen LogP contribution in [0, 0.1) is 5.41 Å². The first kappa shape index (κ1) is 15.3. The number of ether oxygens (including phenoxy) is 2. The van der Waals surface area contributed by atoms with Crippen molar-refractivity contribution in [2.45, 2.75) is 12.8 Å². The van der Waals surface area contributed by atoms with E-state index in [9.17, 15) is 4.79 Å². The number of hydrogen-bond donors (Lipinski definition) is 2. The number of amides is 1. The number of hydrogen-bond acceptors (Lipinski definition) is 4. The van der Waals surface area contributed by atoms with E-state index in [1.54, 1.807) is 13.2 Å². The molecule has 1 amide bonds. The fourth-order valence-electron chi connectivity index (χ4n) is 2.30. The standard InChI is InChI=1S/C14H19BrN2O3/c1-19-12-7-10(15)6-11(8-12)17-13(18)14(9-16)2-4-20-5-3-14/h6-8H,2-5,9,16H2,1H3,(H,17,18). The van der Waals surface area contributed by atoms with Gasteiger partial charge in [0.05, 0.1) is 12.5 Å². The largest absolute Gasteiger partial charge is 0.497 e. The van der Waals surface area contributed by atoms with Crippen molar-refractivity contribution in [1.82, 2.24) is 0 Å². The molecular formula is C14H19BrN2O3. The molecule has 1 fully saturated rings. The Balaban J connectivity index is 2.15. The van der Waals surface area contributed by atoms with Gasteiger partial charge in [0.15, 0.2) is 0 Å². The number of nitrogens with one attached hydrogen (secondary N) is 1. The van der Waals surface area contributed by atoms with Crippen LogP contribution in [0.3, 0.4) is 0 Å². The van der Waals surface area contributed by atoms with E-state index in [1.807, 2.05) is 12.1 Å². The third-order valence-corrected chi connectivity index (χ3v) is 4.15. The molecule has 6 heteroatoms. The first-order valence-corrected chi connectivity index (χ1v) is 7.33. The van der Waals surface area contributed by atoms with Gasteiger partial charge < -0.3 is 20.5 Å². The van der Waals surface area contributed by atoms with E-state index in [-0.39, 0.29) is 5.91 Å². The molecule has 2 rings (SSSR count). The summed E-state index contributed by atoms with van der Waals surface area (Å²) in [5, 5.41) is 2.93. The van der Waals surface area contributed by atoms with E-state index in [4.69, 9.17) is 15.2 Å². The summed E-state index contributed by atoms with van der Waals surface area (Å²) in [6.45, 7) is 1.48. The summed E-state index contributed by atoms with van der Waals surface area (Å²) in [5.41, 5.74) is 5.99. The molecule has 1 heterocycles. The lowest BCUT2D eigenvalue weighted by Crippen LogP contribution is -2.46. The van der Waals surface area contributed by atoms with Crippen LogP contribution in [0.1, 0.15) is 12.8 Å². The second kappa shape index (κ2) is 6.56. The number of nitrogens with two attached hydrogens (primary N) is 1. The highest BCUT2D eigenvalue weighted by Crippen LogP contribution is 2.32. The van der Waals surface area contributed by atoms with Crippen LogP contribution in [-0.2, 0) is 9.53 Å². The Morgan fingerprint density at radius 1 is 1.45 bits per heavy atom. The van der Waals surface area contributed by atoms with E-state index < -0.39 is 5.41 Å². The van der Waals surface area contributed by atoms with Crippen LogP contribution in [-0.4, -0.2) is 32.8 Å². The van der Waals surface area contributed by atoms with Gasteiger partial charge in [0.1, 0.15) is 5.75 Å². The molecule has 5 nitrogen and oxygen atoms in total. The fraction of sp³-hybridized carbons (Fsp3) is 0.500. The maximum Gasteiger partial charge on any atom is 0.232 e. The molecule has 0 radical (unpaired) electrons. The van der Waals surface area contributed by atoms with Crippen molar-refractivity contribution in [3.05, 3.63) is 22.7 Å². The van der Waals surface area contributed by atoms with Crippen LogP contribution in [0.25, 0.3) is 0 Å². The second-order valence-corrected chi connectivity index (χ2v) is 5.85. The molecule has 1 saturated heterocycles. The first-order valence-electron chi connectivity index (χ1n) is 6.53. The predicted molar refractivity (Wildman–Crippen MR) is 80.9 cm³/mol. The Hall–Kier alpha value is -1.11. The zero-order chi connectivity index (χ0) is 14.6. The summed E-state index contributed by atoms with van der Waals surface area (Å²) < 4.78 is 11.4. The highest BCUT2D eigenvalue weighted by atomic mass is 79.9. The zero-order valence-corrected chi connectivity index (χ0v) is 13.0. The van der Waals surface area contributed by atoms with Crippen LogP contribution in [0.5, 0.6) is 5.75 Å². The van der Waals surface area contributed by atoms with Crippen LogP contribution >= 0.6 is 15.9 Å². The van der Waals surface area contributed by atoms with Crippen molar-refractivity contribution in [3.8, 4) is 5.75 Å². The number of benzene rings is 1. The maximum absolute atomic E-state index is 12.5. The minimum absolute atomic E-state index is 0.0524. The Labute approximate surface area is 126 Å². The highest BCUT2D eigenvalue weighted by Gasteiger charge is 2.38. The minimum atomic E-state index is -0.534. The summed E-state index contributed by atoms with van der Waals surface area (Å²) in [6.07, 6.45) is 1.31. The van der Waals surface area contributed by atoms with Gasteiger partial charge in [-0.2, -0.15) is 0 Å². The summed E-state index contributed by atoms with van der Waals surface area (Å²) in [4.78, 5) is 12.5. The van der Waals surface area contributed by atoms with Gasteiger partial charge >= 0.3 is 0 Å². The molecule has 0 unspecified atom stereocenters. The lowest BCUT2D eigenvalue weighted by Gasteiger charge is -2.34. The van der Waals surface area contributed by atoms with Gasteiger partial charge in [0, 0.05) is 36.0 Å². The number of carbonyl (C=O) groups excluding carboxylic acids is 1. The Morgan fingerprint density at radius 2 is 2.15 bits per heavy atom. The number of anilines is 1. The van der Waals surface area contributed by atoms with Crippen molar-refractivity contribution in [1.29, 1.82) is 0 Å². The molecule has 0 atom stereocenters. The normalized spacial score (nSPS) is 17.6. The van der Waals surface area contributed by atoms with Gasteiger partial charge in [0.2, 0.25) is 5.91 Å². The summed E-state index contributed by atoms with van der Waals surface area (Å²) in [6, 6.07) is 5.46. The van der Waals surface area contributed by atoms with Crippen LogP contribution in [0.4, 0.5) is 5.69 Å². The molecule has 110 valence electrons. The zero-order valence-electron chi connectivity index (χ0n) is 11.4. The molecule has 0 bridgehead atoms. The van der Waals surface area contributed by atoms with Crippen molar-refractivity contribution in [2.75, 3.05) is 32.2 Å². The van der Waals surface area contributed by atoms with Gasteiger partial charge in [-0.05, 0) is 25.0 Å². The minimum Gasteiger partial charge on any atom is -0.497 e. The maximum atomic E-state index is 12.5. The lowest BCUT2D eigenvalue weighted by molar-refractivity contribution is -0.130. The smallest absolute Gasteiger partial charge is 0.232 e. The number of rotatable bonds is 4. The van der Waals surface area contributed by atoms with Crippen LogP contribution in [0.2, 0.25) is 0 Å². The molecule has 0 aliphatic carbocycles. The molecule has 0 spiro atoms. The molecule has 0 aromatic heterocycles. The average Bonchev–Trinajstić information content (AvgIpc) is 2.47. The third kappa shape index (κ3) is 3.31. The summed E-state index contributed by atoms with van der Waals surface area (Å²) in [7, 11) is 1.59. The first-order chi connectivity index (χ1) is 9.59. The lowest BCUT2D eigenvalue weighted by atomic mass is 9.79. The Morgan fingerprint density at radius 3 is 2.75 bits per heavy atom. The molecule has 1 aromatic rings. The van der Waals surface area contributed by atoms with Gasteiger partial charge in [-0.3, -0.25) is 4.79 Å². The van der Waals surface area contributed by atoms with Gasteiger partial charge in [-0.1, -0.05) is 15.9 Å². The van der Waals surface area contributed by atoms with E-state index in [1.165, 1.54) is 0 Å². The van der Waals surface area contributed by atoms with E-state index in [0.29, 0.717) is 44.0 Å². The fourth-order valence-corrected chi connectivity index (χ4v) is 2.77. The molecule has 1 aliphatic rings. The molecule has 0 saturated carbocycles. The SMILES string of the molecule is COc1cc(Br)cc(NC(=O)C2(CN)CCOCC2)c1. The Bertz CT molecular complexity index is 487. The second-order valence-electron chi connectivity index (χ2n) is 4.93. The number of halogens is 1. The van der Waals surface area contributed by atoms with Crippen LogP contribution in [0.15, 0.2) is 22.7 Å². The Kier molecular flexibility index (Phi) is 5.01. The number of methoxy groups -OCH3 is 1. The van der Waals surface area contributed by atoms with Crippen molar-refractivity contribution in [3.63, 3.8) is 0 Å². The quantitative estimate of drug-likeness (QED) is 0.879. The average molecular weight is 343 g/mol. The van der Waals surface area contributed by atoms with Gasteiger partial charge in [-0.15, -0.1) is 0 Å². The molecular weight excluding hydrogens is 324 g/mol. The van der Waals surface area contributed by atoms with E-state index in [2.05, 4.69) is 21.2 Å². The van der Waals surface area contributed by atoms with Gasteiger partial charge in [-0.25, -0.2) is 0 Å². The van der Waals surface area contributed by atoms with Crippen molar-refractivity contribution < 1.29 is 14.3 Å². The van der Waals surface area contributed by atoms with E-state index >= 15 is 0 Å². The molecule has 1 aliphatic heterocycles. The highest BCUT2D eigenvalue weighted by molar-refractivity contribution is 9.10. The third-order valence-electron chi connectivity index (χ3n) is 3.69. The molecule has 20 heavy (non-hydrogen) atoms. The molecule has 1 aromatic carbocycles. The topological polar surface area (TPSA) is 73.6 Å². The van der Waals surface area contributed by atoms with Crippen molar-refractivity contribution in [2.24, 2.45) is 11.1 Å². The number of carbonyl (C=O) groups is 1. The molecule has 3 N–H and O–H groups in total. The van der Waals surface area contributed by atoms with Gasteiger partial charge in [0.25, 0.3) is 0 Å². The monoisotopic (exact) mass is 342 g/mol. The summed E-state index contributed by atoms with van der Waals surface area (Å²) >= 11 is 3.39. The van der Waals surface area contributed by atoms with Crippen molar-refractivity contribution >= 4 is 27.5 Å². The summed E-state index contributed by atoms with van der Waals surface area (Å²) in [5.74, 6) is 0.631. The predicted octanol–water partition coefficient (Wildman–Crippen LogP) is 2.15.